The van der Waals surface area contributed by atoms with Crippen LogP contribution in [-0.4, -0.2) is 35.6 Å². The van der Waals surface area contributed by atoms with E-state index in [1.807, 2.05) is 20.2 Å². The third kappa shape index (κ3) is 3.67. The zero-order chi connectivity index (χ0) is 13.7. The first-order chi connectivity index (χ1) is 9.20. The molecule has 1 aliphatic heterocycles. The van der Waals surface area contributed by atoms with Crippen molar-refractivity contribution < 1.29 is 14.3 Å². The molecule has 0 unspecified atom stereocenters. The van der Waals surface area contributed by atoms with Crippen LogP contribution < -0.4 is 0 Å². The molecule has 0 N–H and O–H groups in total. The molecule has 1 aromatic heterocycles. The zero-order valence-electron chi connectivity index (χ0n) is 11.5. The molecular formula is C14H20N2O3. The SMILES string of the molecule is CCOC(=O)/C=C(/c1cnn(C)c1)C1CCOCC1. The third-order valence-electron chi connectivity index (χ3n) is 3.26. The average Bonchev–Trinajstić information content (AvgIpc) is 2.84. The van der Waals surface area contributed by atoms with Gasteiger partial charge >= 0.3 is 5.97 Å². The average molecular weight is 264 g/mol. The van der Waals surface area contributed by atoms with Crippen LogP contribution in [0, 0.1) is 5.92 Å². The number of rotatable bonds is 4. The number of carbonyl (C=O) groups excluding carboxylic acids is 1. The zero-order valence-corrected chi connectivity index (χ0v) is 11.5. The van der Waals surface area contributed by atoms with Gasteiger partial charge in [-0.2, -0.15) is 5.10 Å². The molecule has 1 fully saturated rings. The highest BCUT2D eigenvalue weighted by Gasteiger charge is 2.21. The Balaban J connectivity index is 2.24. The Kier molecular flexibility index (Phi) is 4.74. The van der Waals surface area contributed by atoms with Gasteiger partial charge in [-0.1, -0.05) is 0 Å². The maximum Gasteiger partial charge on any atom is 0.331 e. The number of aryl methyl sites for hydroxylation is 1. The normalized spacial score (nSPS) is 17.5. The van der Waals surface area contributed by atoms with E-state index in [9.17, 15) is 4.79 Å². The summed E-state index contributed by atoms with van der Waals surface area (Å²) in [5.41, 5.74) is 2.00. The summed E-state index contributed by atoms with van der Waals surface area (Å²) in [5, 5.41) is 4.18. The molecule has 0 saturated carbocycles. The molecule has 1 aliphatic rings. The lowest BCUT2D eigenvalue weighted by atomic mass is 9.88. The third-order valence-corrected chi connectivity index (χ3v) is 3.26. The van der Waals surface area contributed by atoms with E-state index in [1.54, 1.807) is 17.0 Å². The maximum atomic E-state index is 11.7. The van der Waals surface area contributed by atoms with E-state index in [-0.39, 0.29) is 5.97 Å². The van der Waals surface area contributed by atoms with Crippen molar-refractivity contribution in [1.82, 2.24) is 9.78 Å². The van der Waals surface area contributed by atoms with Gasteiger partial charge in [0.1, 0.15) is 0 Å². The number of aromatic nitrogens is 2. The van der Waals surface area contributed by atoms with Crippen LogP contribution in [0.25, 0.3) is 5.57 Å². The van der Waals surface area contributed by atoms with Gasteiger partial charge in [0.15, 0.2) is 0 Å². The van der Waals surface area contributed by atoms with Gasteiger partial charge in [-0.25, -0.2) is 4.79 Å². The van der Waals surface area contributed by atoms with E-state index < -0.39 is 0 Å². The lowest BCUT2D eigenvalue weighted by molar-refractivity contribution is -0.137. The molecule has 0 spiro atoms. The van der Waals surface area contributed by atoms with Crippen LogP contribution in [0.5, 0.6) is 0 Å². The number of hydrogen-bond acceptors (Lipinski definition) is 4. The molecule has 19 heavy (non-hydrogen) atoms. The number of ether oxygens (including phenoxy) is 2. The Bertz CT molecular complexity index is 459. The minimum Gasteiger partial charge on any atom is -0.463 e. The van der Waals surface area contributed by atoms with E-state index in [1.165, 1.54) is 0 Å². The molecule has 0 aliphatic carbocycles. The first kappa shape index (κ1) is 13.8. The predicted octanol–water partition coefficient (Wildman–Crippen LogP) is 1.79. The van der Waals surface area contributed by atoms with Crippen LogP contribution >= 0.6 is 0 Å². The van der Waals surface area contributed by atoms with Crippen molar-refractivity contribution in [3.05, 3.63) is 24.0 Å². The highest BCUT2D eigenvalue weighted by atomic mass is 16.5. The molecule has 0 bridgehead atoms. The topological polar surface area (TPSA) is 53.3 Å². The summed E-state index contributed by atoms with van der Waals surface area (Å²) in [6.07, 6.45) is 7.19. The first-order valence-electron chi connectivity index (χ1n) is 6.65. The minimum absolute atomic E-state index is 0.284. The van der Waals surface area contributed by atoms with Gasteiger partial charge in [0.05, 0.1) is 12.8 Å². The molecular weight excluding hydrogens is 244 g/mol. The van der Waals surface area contributed by atoms with E-state index >= 15 is 0 Å². The second-order valence-electron chi connectivity index (χ2n) is 4.64. The van der Waals surface area contributed by atoms with Gasteiger partial charge in [-0.15, -0.1) is 0 Å². The second-order valence-corrected chi connectivity index (χ2v) is 4.64. The fourth-order valence-electron chi connectivity index (χ4n) is 2.33. The van der Waals surface area contributed by atoms with Gasteiger partial charge in [-0.3, -0.25) is 4.68 Å². The molecule has 0 radical (unpaired) electrons. The van der Waals surface area contributed by atoms with Crippen molar-refractivity contribution in [1.29, 1.82) is 0 Å². The fraction of sp³-hybridized carbons (Fsp3) is 0.571. The lowest BCUT2D eigenvalue weighted by Gasteiger charge is -2.24. The molecule has 1 aromatic rings. The van der Waals surface area contributed by atoms with Gasteiger partial charge in [-0.05, 0) is 31.3 Å². The van der Waals surface area contributed by atoms with Crippen molar-refractivity contribution in [2.75, 3.05) is 19.8 Å². The number of esters is 1. The first-order valence-corrected chi connectivity index (χ1v) is 6.65. The Labute approximate surface area is 113 Å². The standard InChI is InChI=1S/C14H20N2O3/c1-3-19-14(17)8-13(11-4-6-18-7-5-11)12-9-15-16(2)10-12/h8-11H,3-7H2,1-2H3/b13-8+. The molecule has 2 heterocycles. The summed E-state index contributed by atoms with van der Waals surface area (Å²) in [5.74, 6) is 0.0511. The second kappa shape index (κ2) is 6.52. The summed E-state index contributed by atoms with van der Waals surface area (Å²) < 4.78 is 12.1. The van der Waals surface area contributed by atoms with E-state index in [0.717, 1.165) is 37.2 Å². The minimum atomic E-state index is -0.284. The number of allylic oxidation sites excluding steroid dienone is 1. The summed E-state index contributed by atoms with van der Waals surface area (Å²) in [6, 6.07) is 0. The predicted molar refractivity (Wildman–Crippen MR) is 71.4 cm³/mol. The number of nitrogens with zero attached hydrogens (tertiary/aromatic N) is 2. The van der Waals surface area contributed by atoms with E-state index in [0.29, 0.717) is 12.5 Å². The van der Waals surface area contributed by atoms with Crippen LogP contribution in [-0.2, 0) is 21.3 Å². The smallest absolute Gasteiger partial charge is 0.331 e. The summed E-state index contributed by atoms with van der Waals surface area (Å²) >= 11 is 0. The van der Waals surface area contributed by atoms with Crippen molar-refractivity contribution in [2.45, 2.75) is 19.8 Å². The van der Waals surface area contributed by atoms with Crippen molar-refractivity contribution in [3.63, 3.8) is 0 Å². The summed E-state index contributed by atoms with van der Waals surface area (Å²) in [7, 11) is 1.87. The molecule has 0 amide bonds. The number of hydrogen-bond donors (Lipinski definition) is 0. The monoisotopic (exact) mass is 264 g/mol. The van der Waals surface area contributed by atoms with Crippen molar-refractivity contribution in [3.8, 4) is 0 Å². The fourth-order valence-corrected chi connectivity index (χ4v) is 2.33. The molecule has 2 rings (SSSR count). The Morgan fingerprint density at radius 2 is 2.32 bits per heavy atom. The quantitative estimate of drug-likeness (QED) is 0.614. The molecule has 0 atom stereocenters. The lowest BCUT2D eigenvalue weighted by Crippen LogP contribution is -2.18. The van der Waals surface area contributed by atoms with Gasteiger partial charge < -0.3 is 9.47 Å². The molecule has 5 heteroatoms. The maximum absolute atomic E-state index is 11.7. The van der Waals surface area contributed by atoms with Gasteiger partial charge in [0, 0.05) is 38.1 Å². The molecule has 104 valence electrons. The molecule has 0 aromatic carbocycles. The van der Waals surface area contributed by atoms with Crippen LogP contribution in [0.3, 0.4) is 0 Å². The van der Waals surface area contributed by atoms with Crippen LogP contribution in [0.1, 0.15) is 25.3 Å². The van der Waals surface area contributed by atoms with E-state index in [2.05, 4.69) is 5.10 Å². The van der Waals surface area contributed by atoms with Crippen LogP contribution in [0.2, 0.25) is 0 Å². The van der Waals surface area contributed by atoms with Gasteiger partial charge in [0.25, 0.3) is 0 Å². The number of carbonyl (C=O) groups is 1. The Hall–Kier alpha value is -1.62. The highest BCUT2D eigenvalue weighted by molar-refractivity contribution is 5.91. The Morgan fingerprint density at radius 3 is 2.89 bits per heavy atom. The molecule has 1 saturated heterocycles. The molecule has 5 nitrogen and oxygen atoms in total. The van der Waals surface area contributed by atoms with Crippen molar-refractivity contribution >= 4 is 11.5 Å². The summed E-state index contributed by atoms with van der Waals surface area (Å²) in [6.45, 7) is 3.68. The largest absolute Gasteiger partial charge is 0.463 e. The summed E-state index contributed by atoms with van der Waals surface area (Å²) in [4.78, 5) is 11.7. The van der Waals surface area contributed by atoms with Gasteiger partial charge in [0.2, 0.25) is 0 Å². The van der Waals surface area contributed by atoms with Crippen LogP contribution in [0.4, 0.5) is 0 Å². The highest BCUT2D eigenvalue weighted by Crippen LogP contribution is 2.30. The Morgan fingerprint density at radius 1 is 1.58 bits per heavy atom. The van der Waals surface area contributed by atoms with E-state index in [4.69, 9.17) is 9.47 Å². The van der Waals surface area contributed by atoms with Crippen LogP contribution in [0.15, 0.2) is 18.5 Å². The van der Waals surface area contributed by atoms with Crippen molar-refractivity contribution in [2.24, 2.45) is 13.0 Å².